The molecule has 82 valence electrons. The Kier molecular flexibility index (Phi) is 4.69. The zero-order valence-electron chi connectivity index (χ0n) is 8.86. The molecule has 0 atom stereocenters. The molecule has 1 aliphatic rings. The molecule has 5 heteroatoms. The Balaban J connectivity index is 2.30. The maximum atomic E-state index is 11.7. The summed E-state index contributed by atoms with van der Waals surface area (Å²) >= 11 is 0. The first-order chi connectivity index (χ1) is 6.75. The minimum absolute atomic E-state index is 0.0605. The summed E-state index contributed by atoms with van der Waals surface area (Å²) in [4.78, 5) is 15.2. The van der Waals surface area contributed by atoms with Gasteiger partial charge in [-0.3, -0.25) is 0 Å². The maximum absolute atomic E-state index is 11.7. The van der Waals surface area contributed by atoms with Gasteiger partial charge in [0.15, 0.2) is 0 Å². The Hall–Kier alpha value is -0.810. The lowest BCUT2D eigenvalue weighted by Gasteiger charge is -2.30. The fourth-order valence-electron chi connectivity index (χ4n) is 1.32. The van der Waals surface area contributed by atoms with Crippen molar-refractivity contribution in [2.75, 3.05) is 53.6 Å². The highest BCUT2D eigenvalue weighted by Crippen LogP contribution is 2.01. The normalized spacial score (nSPS) is 16.9. The van der Waals surface area contributed by atoms with Gasteiger partial charge >= 0.3 is 6.03 Å². The van der Waals surface area contributed by atoms with E-state index in [-0.39, 0.29) is 6.03 Å². The molecule has 0 aromatic carbocycles. The highest BCUT2D eigenvalue weighted by Gasteiger charge is 2.19. The summed E-state index contributed by atoms with van der Waals surface area (Å²) in [5, 5.41) is 0. The van der Waals surface area contributed by atoms with Crippen LogP contribution in [-0.4, -0.2) is 69.4 Å². The van der Waals surface area contributed by atoms with Crippen molar-refractivity contribution >= 4 is 6.03 Å². The number of amides is 2. The van der Waals surface area contributed by atoms with Crippen LogP contribution >= 0.6 is 0 Å². The fourth-order valence-corrected chi connectivity index (χ4v) is 1.32. The Labute approximate surface area is 84.6 Å². The first kappa shape index (κ1) is 11.3. The second-order valence-corrected chi connectivity index (χ2v) is 3.30. The Bertz CT molecular complexity index is 181. The van der Waals surface area contributed by atoms with Crippen molar-refractivity contribution in [2.24, 2.45) is 0 Å². The van der Waals surface area contributed by atoms with E-state index in [0.29, 0.717) is 39.5 Å². The quantitative estimate of drug-likeness (QED) is 0.647. The van der Waals surface area contributed by atoms with Gasteiger partial charge in [-0.05, 0) is 0 Å². The zero-order valence-corrected chi connectivity index (χ0v) is 8.86. The molecule has 1 fully saturated rings. The lowest BCUT2D eigenvalue weighted by atomic mass is 10.4. The molecule has 0 saturated carbocycles. The lowest BCUT2D eigenvalue weighted by molar-refractivity contribution is 0.0433. The lowest BCUT2D eigenvalue weighted by Crippen LogP contribution is -2.47. The standard InChI is InChI=1S/C9H18N2O3/c1-10(3-6-13-2)9(12)11-4-7-14-8-5-11/h3-8H2,1-2H3. The number of carbonyl (C=O) groups is 1. The van der Waals surface area contributed by atoms with E-state index in [0.717, 1.165) is 0 Å². The molecule has 0 bridgehead atoms. The monoisotopic (exact) mass is 202 g/mol. The molecule has 1 heterocycles. The molecule has 2 amide bonds. The van der Waals surface area contributed by atoms with E-state index in [9.17, 15) is 4.79 Å². The number of ether oxygens (including phenoxy) is 2. The van der Waals surface area contributed by atoms with Crippen molar-refractivity contribution in [1.29, 1.82) is 0 Å². The average Bonchev–Trinajstić information content (AvgIpc) is 2.26. The van der Waals surface area contributed by atoms with Gasteiger partial charge in [0.05, 0.1) is 19.8 Å². The van der Waals surface area contributed by atoms with E-state index in [1.54, 1.807) is 24.0 Å². The Morgan fingerprint density at radius 3 is 2.71 bits per heavy atom. The number of nitrogens with zero attached hydrogens (tertiary/aromatic N) is 2. The van der Waals surface area contributed by atoms with E-state index in [1.165, 1.54) is 0 Å². The smallest absolute Gasteiger partial charge is 0.319 e. The molecule has 1 rings (SSSR count). The number of carbonyl (C=O) groups excluding carboxylic acids is 1. The van der Waals surface area contributed by atoms with Gasteiger partial charge in [0.2, 0.25) is 0 Å². The molecule has 1 saturated heterocycles. The highest BCUT2D eigenvalue weighted by molar-refractivity contribution is 5.74. The molecule has 5 nitrogen and oxygen atoms in total. The summed E-state index contributed by atoms with van der Waals surface area (Å²) in [5.41, 5.74) is 0. The summed E-state index contributed by atoms with van der Waals surface area (Å²) in [7, 11) is 3.42. The molecule has 0 aliphatic carbocycles. The molecule has 0 aromatic heterocycles. The molecule has 1 aliphatic heterocycles. The molecule has 0 N–H and O–H groups in total. The van der Waals surface area contributed by atoms with E-state index in [1.807, 2.05) is 0 Å². The minimum atomic E-state index is 0.0605. The van der Waals surface area contributed by atoms with Crippen LogP contribution in [0.25, 0.3) is 0 Å². The Morgan fingerprint density at radius 1 is 1.50 bits per heavy atom. The third kappa shape index (κ3) is 3.16. The van der Waals surface area contributed by atoms with Gasteiger partial charge in [-0.2, -0.15) is 0 Å². The topological polar surface area (TPSA) is 42.0 Å². The van der Waals surface area contributed by atoms with Crippen molar-refractivity contribution < 1.29 is 14.3 Å². The number of likely N-dealkylation sites (N-methyl/N-ethyl adjacent to an activating group) is 1. The number of morpholine rings is 1. The zero-order chi connectivity index (χ0) is 10.4. The maximum Gasteiger partial charge on any atom is 0.319 e. The highest BCUT2D eigenvalue weighted by atomic mass is 16.5. The van der Waals surface area contributed by atoms with E-state index in [4.69, 9.17) is 9.47 Å². The summed E-state index contributed by atoms with van der Waals surface area (Å²) in [5.74, 6) is 0. The van der Waals surface area contributed by atoms with Gasteiger partial charge in [-0.1, -0.05) is 0 Å². The Morgan fingerprint density at radius 2 is 2.14 bits per heavy atom. The van der Waals surface area contributed by atoms with Crippen LogP contribution in [0.2, 0.25) is 0 Å². The molecular weight excluding hydrogens is 184 g/mol. The molecule has 0 unspecified atom stereocenters. The second-order valence-electron chi connectivity index (χ2n) is 3.30. The largest absolute Gasteiger partial charge is 0.383 e. The van der Waals surface area contributed by atoms with Crippen LogP contribution in [0.3, 0.4) is 0 Å². The third-order valence-corrected chi connectivity index (χ3v) is 2.24. The molecular formula is C9H18N2O3. The fraction of sp³-hybridized carbons (Fsp3) is 0.889. The first-order valence-corrected chi connectivity index (χ1v) is 4.82. The first-order valence-electron chi connectivity index (χ1n) is 4.82. The van der Waals surface area contributed by atoms with Crippen LogP contribution in [0.1, 0.15) is 0 Å². The predicted octanol–water partition coefficient (Wildman–Crippen LogP) is 0.0168. The van der Waals surface area contributed by atoms with Crippen molar-refractivity contribution in [2.45, 2.75) is 0 Å². The minimum Gasteiger partial charge on any atom is -0.383 e. The summed E-state index contributed by atoms with van der Waals surface area (Å²) in [6.07, 6.45) is 0. The third-order valence-electron chi connectivity index (χ3n) is 2.24. The van der Waals surface area contributed by atoms with Crippen LogP contribution < -0.4 is 0 Å². The van der Waals surface area contributed by atoms with Gasteiger partial charge < -0.3 is 19.3 Å². The van der Waals surface area contributed by atoms with Crippen LogP contribution in [0, 0.1) is 0 Å². The van der Waals surface area contributed by atoms with Gasteiger partial charge in [-0.15, -0.1) is 0 Å². The summed E-state index contributed by atoms with van der Waals surface area (Å²) in [6.45, 7) is 3.87. The molecule has 0 aromatic rings. The van der Waals surface area contributed by atoms with Crippen molar-refractivity contribution in [1.82, 2.24) is 9.80 Å². The molecule has 14 heavy (non-hydrogen) atoms. The van der Waals surface area contributed by atoms with E-state index in [2.05, 4.69) is 0 Å². The predicted molar refractivity (Wildman–Crippen MR) is 52.3 cm³/mol. The molecule has 0 radical (unpaired) electrons. The number of rotatable bonds is 3. The number of hydrogen-bond acceptors (Lipinski definition) is 3. The summed E-state index contributed by atoms with van der Waals surface area (Å²) < 4.78 is 10.1. The number of urea groups is 1. The van der Waals surface area contributed by atoms with E-state index < -0.39 is 0 Å². The number of methoxy groups -OCH3 is 1. The second kappa shape index (κ2) is 5.82. The van der Waals surface area contributed by atoms with Gasteiger partial charge in [0.25, 0.3) is 0 Å². The van der Waals surface area contributed by atoms with Crippen LogP contribution in [0.15, 0.2) is 0 Å². The SMILES string of the molecule is COCCN(C)C(=O)N1CCOCC1. The molecule has 0 spiro atoms. The van der Waals surface area contributed by atoms with E-state index >= 15 is 0 Å². The van der Waals surface area contributed by atoms with Gasteiger partial charge in [0, 0.05) is 33.8 Å². The van der Waals surface area contributed by atoms with Crippen molar-refractivity contribution in [3.8, 4) is 0 Å². The van der Waals surface area contributed by atoms with Crippen LogP contribution in [0.4, 0.5) is 4.79 Å². The van der Waals surface area contributed by atoms with Crippen molar-refractivity contribution in [3.63, 3.8) is 0 Å². The van der Waals surface area contributed by atoms with Gasteiger partial charge in [-0.25, -0.2) is 4.79 Å². The number of hydrogen-bond donors (Lipinski definition) is 0. The van der Waals surface area contributed by atoms with Gasteiger partial charge in [0.1, 0.15) is 0 Å². The van der Waals surface area contributed by atoms with Crippen molar-refractivity contribution in [3.05, 3.63) is 0 Å². The van der Waals surface area contributed by atoms with Crippen LogP contribution in [0.5, 0.6) is 0 Å². The summed E-state index contributed by atoms with van der Waals surface area (Å²) in [6, 6.07) is 0.0605. The van der Waals surface area contributed by atoms with Crippen LogP contribution in [-0.2, 0) is 9.47 Å². The average molecular weight is 202 g/mol.